The van der Waals surface area contributed by atoms with Crippen molar-refractivity contribution < 1.29 is 4.79 Å². The third-order valence-electron chi connectivity index (χ3n) is 3.01. The molecule has 0 radical (unpaired) electrons. The monoisotopic (exact) mass is 257 g/mol. The van der Waals surface area contributed by atoms with E-state index in [-0.39, 0.29) is 5.91 Å². The van der Waals surface area contributed by atoms with Gasteiger partial charge in [-0.05, 0) is 38.4 Å². The second-order valence-electron chi connectivity index (χ2n) is 4.58. The first-order chi connectivity index (χ1) is 9.22. The lowest BCUT2D eigenvalue weighted by atomic mass is 10.1. The minimum atomic E-state index is -0.0429. The lowest BCUT2D eigenvalue weighted by molar-refractivity contribution is 0.0954. The zero-order chi connectivity index (χ0) is 13.7. The Morgan fingerprint density at radius 1 is 1.32 bits per heavy atom. The summed E-state index contributed by atoms with van der Waals surface area (Å²) < 4.78 is 0. The first kappa shape index (κ1) is 13.5. The fourth-order valence-electron chi connectivity index (χ4n) is 2.06. The fraction of sp³-hybridized carbons (Fsp3) is 0.333. The summed E-state index contributed by atoms with van der Waals surface area (Å²) in [5.74, 6) is -0.0429. The van der Waals surface area contributed by atoms with Crippen molar-refractivity contribution in [3.05, 3.63) is 41.6 Å². The van der Waals surface area contributed by atoms with Crippen molar-refractivity contribution in [1.82, 2.24) is 10.3 Å². The van der Waals surface area contributed by atoms with Gasteiger partial charge in [0.1, 0.15) is 0 Å². The van der Waals surface area contributed by atoms with Gasteiger partial charge in [0.05, 0.1) is 11.1 Å². The van der Waals surface area contributed by atoms with Gasteiger partial charge in [0.25, 0.3) is 5.91 Å². The molecule has 19 heavy (non-hydrogen) atoms. The summed E-state index contributed by atoms with van der Waals surface area (Å²) in [6.07, 6.45) is 1.83. The summed E-state index contributed by atoms with van der Waals surface area (Å²) in [7, 11) is 0. The van der Waals surface area contributed by atoms with Gasteiger partial charge >= 0.3 is 0 Å². The van der Waals surface area contributed by atoms with Gasteiger partial charge in [0.15, 0.2) is 0 Å². The standard InChI is InChI=1S/C15H19N3O/c1-11-10-13(15(19)17-9-5-4-8-16)12-6-2-3-7-14(12)18-11/h2-3,6-7,10H,4-5,8-9,16H2,1H3,(H,17,19). The molecule has 0 aliphatic heterocycles. The number of carbonyl (C=O) groups excluding carboxylic acids is 1. The molecule has 0 bridgehead atoms. The molecule has 2 aromatic rings. The summed E-state index contributed by atoms with van der Waals surface area (Å²) in [6.45, 7) is 3.22. The Kier molecular flexibility index (Phi) is 4.47. The first-order valence-corrected chi connectivity index (χ1v) is 6.57. The van der Waals surface area contributed by atoms with E-state index < -0.39 is 0 Å². The average molecular weight is 257 g/mol. The third-order valence-corrected chi connectivity index (χ3v) is 3.01. The Balaban J connectivity index is 2.21. The summed E-state index contributed by atoms with van der Waals surface area (Å²) in [6, 6.07) is 9.53. The lowest BCUT2D eigenvalue weighted by Crippen LogP contribution is -2.25. The predicted octanol–water partition coefficient (Wildman–Crippen LogP) is 2.01. The van der Waals surface area contributed by atoms with Gasteiger partial charge in [-0.15, -0.1) is 0 Å². The number of aromatic nitrogens is 1. The molecule has 1 amide bonds. The zero-order valence-electron chi connectivity index (χ0n) is 11.1. The molecule has 0 spiro atoms. The molecule has 1 aromatic heterocycles. The van der Waals surface area contributed by atoms with E-state index in [1.165, 1.54) is 0 Å². The van der Waals surface area contributed by atoms with Crippen LogP contribution in [0, 0.1) is 6.92 Å². The molecule has 0 aliphatic carbocycles. The molecular weight excluding hydrogens is 238 g/mol. The first-order valence-electron chi connectivity index (χ1n) is 6.57. The molecule has 3 N–H and O–H groups in total. The van der Waals surface area contributed by atoms with Gasteiger partial charge in [-0.3, -0.25) is 9.78 Å². The summed E-state index contributed by atoms with van der Waals surface area (Å²) in [5, 5.41) is 3.82. The highest BCUT2D eigenvalue weighted by molar-refractivity contribution is 6.06. The molecule has 0 atom stereocenters. The number of nitrogens with zero attached hydrogens (tertiary/aromatic N) is 1. The normalized spacial score (nSPS) is 10.6. The average Bonchev–Trinajstić information content (AvgIpc) is 2.42. The van der Waals surface area contributed by atoms with E-state index in [0.717, 1.165) is 29.4 Å². The largest absolute Gasteiger partial charge is 0.352 e. The number of unbranched alkanes of at least 4 members (excludes halogenated alkanes) is 1. The van der Waals surface area contributed by atoms with E-state index >= 15 is 0 Å². The molecular formula is C15H19N3O. The second-order valence-corrected chi connectivity index (χ2v) is 4.58. The van der Waals surface area contributed by atoms with E-state index in [1.807, 2.05) is 37.3 Å². The molecule has 0 unspecified atom stereocenters. The molecule has 100 valence electrons. The Bertz CT molecular complexity index is 581. The number of hydrogen-bond acceptors (Lipinski definition) is 3. The lowest BCUT2D eigenvalue weighted by Gasteiger charge is -2.08. The number of pyridine rings is 1. The van der Waals surface area contributed by atoms with Crippen LogP contribution in [-0.4, -0.2) is 24.0 Å². The van der Waals surface area contributed by atoms with Gasteiger partial charge in [0.2, 0.25) is 0 Å². The van der Waals surface area contributed by atoms with Crippen molar-refractivity contribution in [2.75, 3.05) is 13.1 Å². The molecule has 1 heterocycles. The number of nitrogens with two attached hydrogens (primary N) is 1. The second kappa shape index (κ2) is 6.29. The number of hydrogen-bond donors (Lipinski definition) is 2. The fourth-order valence-corrected chi connectivity index (χ4v) is 2.06. The Morgan fingerprint density at radius 2 is 2.11 bits per heavy atom. The molecule has 2 rings (SSSR count). The molecule has 4 heteroatoms. The van der Waals surface area contributed by atoms with E-state index in [2.05, 4.69) is 10.3 Å². The van der Waals surface area contributed by atoms with Gasteiger partial charge in [-0.25, -0.2) is 0 Å². The quantitative estimate of drug-likeness (QED) is 0.805. The third kappa shape index (κ3) is 3.29. The van der Waals surface area contributed by atoms with Gasteiger partial charge in [-0.1, -0.05) is 18.2 Å². The van der Waals surface area contributed by atoms with Crippen LogP contribution in [0.5, 0.6) is 0 Å². The van der Waals surface area contributed by atoms with Crippen LogP contribution in [0.4, 0.5) is 0 Å². The van der Waals surface area contributed by atoms with E-state index in [1.54, 1.807) is 0 Å². The Labute approximate surface area is 113 Å². The van der Waals surface area contributed by atoms with Gasteiger partial charge < -0.3 is 11.1 Å². The molecule has 0 saturated carbocycles. The SMILES string of the molecule is Cc1cc(C(=O)NCCCCN)c2ccccc2n1. The number of benzene rings is 1. The maximum atomic E-state index is 12.2. The number of aryl methyl sites for hydroxylation is 1. The van der Waals surface area contributed by atoms with Crippen LogP contribution < -0.4 is 11.1 Å². The van der Waals surface area contributed by atoms with E-state index in [4.69, 9.17) is 5.73 Å². The Hall–Kier alpha value is -1.94. The molecule has 0 fully saturated rings. The molecule has 4 nitrogen and oxygen atoms in total. The van der Waals surface area contributed by atoms with Crippen LogP contribution in [0.3, 0.4) is 0 Å². The summed E-state index contributed by atoms with van der Waals surface area (Å²) >= 11 is 0. The van der Waals surface area contributed by atoms with Gasteiger partial charge in [-0.2, -0.15) is 0 Å². The Morgan fingerprint density at radius 3 is 2.89 bits per heavy atom. The number of rotatable bonds is 5. The molecule has 1 aromatic carbocycles. The van der Waals surface area contributed by atoms with Crippen LogP contribution in [-0.2, 0) is 0 Å². The van der Waals surface area contributed by atoms with Crippen LogP contribution in [0.2, 0.25) is 0 Å². The van der Waals surface area contributed by atoms with Crippen molar-refractivity contribution in [2.24, 2.45) is 5.73 Å². The number of para-hydroxylation sites is 1. The van der Waals surface area contributed by atoms with E-state index in [0.29, 0.717) is 18.7 Å². The van der Waals surface area contributed by atoms with Crippen LogP contribution in [0.1, 0.15) is 28.9 Å². The van der Waals surface area contributed by atoms with Crippen molar-refractivity contribution in [1.29, 1.82) is 0 Å². The van der Waals surface area contributed by atoms with Gasteiger partial charge in [0, 0.05) is 17.6 Å². The zero-order valence-corrected chi connectivity index (χ0v) is 11.1. The van der Waals surface area contributed by atoms with Crippen LogP contribution >= 0.6 is 0 Å². The summed E-state index contributed by atoms with van der Waals surface area (Å²) in [5.41, 5.74) is 7.83. The highest BCUT2D eigenvalue weighted by Gasteiger charge is 2.10. The van der Waals surface area contributed by atoms with Crippen molar-refractivity contribution in [3.8, 4) is 0 Å². The smallest absolute Gasteiger partial charge is 0.252 e. The minimum absolute atomic E-state index is 0.0429. The number of carbonyl (C=O) groups is 1. The molecule has 0 aliphatic rings. The highest BCUT2D eigenvalue weighted by atomic mass is 16.1. The number of amides is 1. The minimum Gasteiger partial charge on any atom is -0.352 e. The van der Waals surface area contributed by atoms with Crippen LogP contribution in [0.25, 0.3) is 10.9 Å². The van der Waals surface area contributed by atoms with Crippen molar-refractivity contribution in [3.63, 3.8) is 0 Å². The van der Waals surface area contributed by atoms with Crippen molar-refractivity contribution >= 4 is 16.8 Å². The van der Waals surface area contributed by atoms with Crippen LogP contribution in [0.15, 0.2) is 30.3 Å². The maximum Gasteiger partial charge on any atom is 0.252 e. The predicted molar refractivity (Wildman–Crippen MR) is 77.1 cm³/mol. The van der Waals surface area contributed by atoms with E-state index in [9.17, 15) is 4.79 Å². The number of nitrogens with one attached hydrogen (secondary N) is 1. The summed E-state index contributed by atoms with van der Waals surface area (Å²) in [4.78, 5) is 16.6. The topological polar surface area (TPSA) is 68.0 Å². The van der Waals surface area contributed by atoms with Crippen molar-refractivity contribution in [2.45, 2.75) is 19.8 Å². The highest BCUT2D eigenvalue weighted by Crippen LogP contribution is 2.17. The maximum absolute atomic E-state index is 12.2. The molecule has 0 saturated heterocycles. The number of fused-ring (bicyclic) bond motifs is 1.